The van der Waals surface area contributed by atoms with Crippen LogP contribution in [0.4, 0.5) is 0 Å². The monoisotopic (exact) mass is 381 g/mol. The molecular weight excluding hydrogens is 358 g/mol. The maximum Gasteiger partial charge on any atom is 0.220 e. The number of thiazole rings is 1. The summed E-state index contributed by atoms with van der Waals surface area (Å²) in [6.07, 6.45) is 5.42. The Bertz CT molecular complexity index is 918. The molecule has 1 amide bonds. The van der Waals surface area contributed by atoms with Gasteiger partial charge in [-0.3, -0.25) is 4.79 Å². The highest BCUT2D eigenvalue weighted by atomic mass is 32.1. The van der Waals surface area contributed by atoms with Gasteiger partial charge in [0.15, 0.2) is 10.8 Å². The van der Waals surface area contributed by atoms with Gasteiger partial charge in [-0.15, -0.1) is 11.3 Å². The highest BCUT2D eigenvalue weighted by Gasteiger charge is 2.34. The molecule has 2 fully saturated rings. The number of para-hydroxylation sites is 1. The molecule has 2 bridgehead atoms. The van der Waals surface area contributed by atoms with Crippen molar-refractivity contribution in [2.75, 3.05) is 0 Å². The zero-order valence-electron chi connectivity index (χ0n) is 15.1. The van der Waals surface area contributed by atoms with Crippen molar-refractivity contribution in [2.24, 2.45) is 5.92 Å². The molecule has 2 unspecified atom stereocenters. The van der Waals surface area contributed by atoms with E-state index in [1.165, 1.54) is 12.8 Å². The Balaban J connectivity index is 1.18. The molecule has 3 aromatic rings. The topological polar surface area (TPSA) is 67.2 Å². The minimum absolute atomic E-state index is 0.124. The number of rotatable bonds is 5. The number of furan rings is 1. The van der Waals surface area contributed by atoms with Crippen LogP contribution in [0.3, 0.4) is 0 Å². The molecule has 1 aromatic carbocycles. The molecule has 5 nitrogen and oxygen atoms in total. The number of hydrogen-bond acceptors (Lipinski definition) is 5. The molecule has 2 aliphatic heterocycles. The molecule has 0 spiro atoms. The first-order chi connectivity index (χ1) is 13.2. The number of hydrogen-bond donors (Lipinski definition) is 2. The predicted molar refractivity (Wildman–Crippen MR) is 106 cm³/mol. The van der Waals surface area contributed by atoms with Gasteiger partial charge in [-0.25, -0.2) is 4.98 Å². The van der Waals surface area contributed by atoms with E-state index in [0.29, 0.717) is 31.0 Å². The van der Waals surface area contributed by atoms with Gasteiger partial charge in [0, 0.05) is 18.5 Å². The summed E-state index contributed by atoms with van der Waals surface area (Å²) in [5, 5.41) is 7.52. The Kier molecular flexibility index (Phi) is 4.45. The number of amides is 1. The molecule has 2 atom stereocenters. The quantitative estimate of drug-likeness (QED) is 0.698. The fourth-order valence-electron chi connectivity index (χ4n) is 4.43. The van der Waals surface area contributed by atoms with E-state index in [4.69, 9.17) is 4.42 Å². The van der Waals surface area contributed by atoms with E-state index in [1.807, 2.05) is 30.3 Å². The fraction of sp³-hybridized carbons (Fsp3) is 0.429. The number of aromatic nitrogens is 1. The van der Waals surface area contributed by atoms with E-state index >= 15 is 0 Å². The van der Waals surface area contributed by atoms with Gasteiger partial charge >= 0.3 is 0 Å². The maximum atomic E-state index is 12.3. The van der Waals surface area contributed by atoms with Gasteiger partial charge in [0.2, 0.25) is 5.91 Å². The van der Waals surface area contributed by atoms with Crippen molar-refractivity contribution in [2.45, 2.75) is 50.7 Å². The largest absolute Gasteiger partial charge is 0.457 e. The van der Waals surface area contributed by atoms with E-state index in [-0.39, 0.29) is 5.91 Å². The van der Waals surface area contributed by atoms with Crippen molar-refractivity contribution in [3.8, 4) is 10.8 Å². The molecular formula is C21H23N3O2S. The number of benzene rings is 1. The number of carbonyl (C=O) groups is 1. The average molecular weight is 382 g/mol. The van der Waals surface area contributed by atoms with Crippen LogP contribution in [-0.4, -0.2) is 23.0 Å². The van der Waals surface area contributed by atoms with Gasteiger partial charge in [0.1, 0.15) is 5.76 Å². The van der Waals surface area contributed by atoms with E-state index in [1.54, 1.807) is 11.3 Å². The highest BCUT2D eigenvalue weighted by Crippen LogP contribution is 2.33. The molecule has 5 rings (SSSR count). The Morgan fingerprint density at radius 2 is 2.00 bits per heavy atom. The normalized spacial score (nSPS) is 24.4. The molecule has 27 heavy (non-hydrogen) atoms. The van der Waals surface area contributed by atoms with Crippen molar-refractivity contribution < 1.29 is 9.21 Å². The number of nitrogens with zero attached hydrogens (tertiary/aromatic N) is 1. The number of piperidine rings is 1. The Morgan fingerprint density at radius 1 is 1.19 bits per heavy atom. The zero-order chi connectivity index (χ0) is 18.2. The fourth-order valence-corrected chi connectivity index (χ4v) is 5.35. The lowest BCUT2D eigenvalue weighted by Gasteiger charge is -2.28. The molecule has 2 saturated heterocycles. The lowest BCUT2D eigenvalue weighted by molar-refractivity contribution is -0.122. The standard InChI is InChI=1S/C21H23N3O2S/c25-20(11-13-9-14-5-6-15(10-13)23-14)22-12-16-7-8-18(26-16)21-24-17-3-1-2-4-19(17)27-21/h1-4,7-8,13-15,23H,5-6,9-12H2,(H,22,25). The summed E-state index contributed by atoms with van der Waals surface area (Å²) >= 11 is 1.62. The smallest absolute Gasteiger partial charge is 0.220 e. The molecule has 4 heterocycles. The van der Waals surface area contributed by atoms with Gasteiger partial charge in [-0.1, -0.05) is 12.1 Å². The molecule has 0 radical (unpaired) electrons. The van der Waals surface area contributed by atoms with E-state index in [9.17, 15) is 4.79 Å². The van der Waals surface area contributed by atoms with Crippen LogP contribution in [-0.2, 0) is 11.3 Å². The Morgan fingerprint density at radius 3 is 2.81 bits per heavy atom. The molecule has 2 aliphatic rings. The van der Waals surface area contributed by atoms with Gasteiger partial charge < -0.3 is 15.1 Å². The second kappa shape index (κ2) is 7.09. The molecule has 0 saturated carbocycles. The van der Waals surface area contributed by atoms with E-state index < -0.39 is 0 Å². The van der Waals surface area contributed by atoms with Crippen LogP contribution in [0.5, 0.6) is 0 Å². The molecule has 2 N–H and O–H groups in total. The van der Waals surface area contributed by atoms with Crippen LogP contribution in [0.1, 0.15) is 37.9 Å². The Hall–Kier alpha value is -2.18. The van der Waals surface area contributed by atoms with Crippen LogP contribution in [0.25, 0.3) is 21.0 Å². The second-order valence-corrected chi connectivity index (χ2v) is 8.74. The van der Waals surface area contributed by atoms with Crippen LogP contribution >= 0.6 is 11.3 Å². The van der Waals surface area contributed by atoms with Gasteiger partial charge in [0.05, 0.1) is 16.8 Å². The van der Waals surface area contributed by atoms with Crippen molar-refractivity contribution in [1.82, 2.24) is 15.6 Å². The summed E-state index contributed by atoms with van der Waals surface area (Å²) in [5.74, 6) is 2.16. The lowest BCUT2D eigenvalue weighted by atomic mass is 9.89. The highest BCUT2D eigenvalue weighted by molar-refractivity contribution is 7.21. The van der Waals surface area contributed by atoms with Crippen LogP contribution < -0.4 is 10.6 Å². The first-order valence-electron chi connectivity index (χ1n) is 9.70. The molecule has 2 aromatic heterocycles. The van der Waals surface area contributed by atoms with Crippen molar-refractivity contribution in [3.63, 3.8) is 0 Å². The summed E-state index contributed by atoms with van der Waals surface area (Å²) in [7, 11) is 0. The van der Waals surface area contributed by atoms with E-state index in [0.717, 1.165) is 39.6 Å². The van der Waals surface area contributed by atoms with E-state index in [2.05, 4.69) is 21.7 Å². The second-order valence-electron chi connectivity index (χ2n) is 7.71. The predicted octanol–water partition coefficient (Wildman–Crippen LogP) is 4.09. The summed E-state index contributed by atoms with van der Waals surface area (Å²) in [5.41, 5.74) is 0.986. The SMILES string of the molecule is O=C(CC1CC2CCC(C1)N2)NCc1ccc(-c2nc3ccccc3s2)o1. The van der Waals surface area contributed by atoms with Crippen molar-refractivity contribution >= 4 is 27.5 Å². The van der Waals surface area contributed by atoms with Crippen molar-refractivity contribution in [3.05, 3.63) is 42.2 Å². The minimum atomic E-state index is 0.124. The third-order valence-corrected chi connectivity index (χ3v) is 6.72. The first kappa shape index (κ1) is 17.0. The molecule has 6 heteroatoms. The summed E-state index contributed by atoms with van der Waals surface area (Å²) in [4.78, 5) is 16.9. The maximum absolute atomic E-state index is 12.3. The molecule has 140 valence electrons. The molecule has 0 aliphatic carbocycles. The number of nitrogens with one attached hydrogen (secondary N) is 2. The van der Waals surface area contributed by atoms with Crippen molar-refractivity contribution in [1.29, 1.82) is 0 Å². The van der Waals surface area contributed by atoms with Crippen LogP contribution in [0, 0.1) is 5.92 Å². The van der Waals surface area contributed by atoms with Crippen LogP contribution in [0.2, 0.25) is 0 Å². The lowest BCUT2D eigenvalue weighted by Crippen LogP contribution is -2.39. The third kappa shape index (κ3) is 3.64. The van der Waals surface area contributed by atoms with Gasteiger partial charge in [-0.2, -0.15) is 0 Å². The Labute approximate surface area is 162 Å². The number of fused-ring (bicyclic) bond motifs is 3. The van der Waals surface area contributed by atoms with Crippen LogP contribution in [0.15, 0.2) is 40.8 Å². The minimum Gasteiger partial charge on any atom is -0.457 e. The van der Waals surface area contributed by atoms with Gasteiger partial charge in [0.25, 0.3) is 0 Å². The summed E-state index contributed by atoms with van der Waals surface area (Å²) < 4.78 is 7.05. The van der Waals surface area contributed by atoms with Gasteiger partial charge in [-0.05, 0) is 55.9 Å². The summed E-state index contributed by atoms with van der Waals surface area (Å²) in [6.45, 7) is 0.432. The average Bonchev–Trinajstić information content (AvgIpc) is 3.38. The number of carbonyl (C=O) groups excluding carboxylic acids is 1. The first-order valence-corrected chi connectivity index (χ1v) is 10.5. The zero-order valence-corrected chi connectivity index (χ0v) is 15.9. The third-order valence-electron chi connectivity index (χ3n) is 5.67. The summed E-state index contributed by atoms with van der Waals surface area (Å²) in [6, 6.07) is 13.2.